The molecule has 0 amide bonds. The number of hydrogen-bond acceptors (Lipinski definition) is 5. The van der Waals surface area contributed by atoms with E-state index < -0.39 is 0 Å². The topological polar surface area (TPSA) is 52.3 Å². The van der Waals surface area contributed by atoms with E-state index in [0.29, 0.717) is 0 Å². The molecule has 126 valence electrons. The molecule has 2 heterocycles. The zero-order valence-corrected chi connectivity index (χ0v) is 15.1. The predicted octanol–water partition coefficient (Wildman–Crippen LogP) is 4.01. The predicted molar refractivity (Wildman–Crippen MR) is 100 cm³/mol. The minimum absolute atomic E-state index is 0.205. The maximum Gasteiger partial charge on any atom is 0.213 e. The molecule has 1 aliphatic heterocycles. The molecule has 1 aromatic heterocycles. The number of nitrogens with zero attached hydrogens (tertiary/aromatic N) is 4. The highest BCUT2D eigenvalue weighted by Crippen LogP contribution is 2.33. The zero-order chi connectivity index (χ0) is 17.4. The number of fused-ring (bicyclic) bond motifs is 1. The zero-order valence-electron chi connectivity index (χ0n) is 14.3. The third kappa shape index (κ3) is 2.93. The number of methoxy groups -OCH3 is 1. The van der Waals surface area contributed by atoms with Gasteiger partial charge in [0.1, 0.15) is 5.75 Å². The summed E-state index contributed by atoms with van der Waals surface area (Å²) in [5.74, 6) is 1.60. The van der Waals surface area contributed by atoms with Crippen LogP contribution in [0.2, 0.25) is 0 Å². The van der Waals surface area contributed by atoms with Gasteiger partial charge in [-0.2, -0.15) is 9.78 Å². The lowest BCUT2D eigenvalue weighted by molar-refractivity contribution is 0.415. The van der Waals surface area contributed by atoms with Gasteiger partial charge in [-0.25, -0.2) is 0 Å². The van der Waals surface area contributed by atoms with Gasteiger partial charge in [0.05, 0.1) is 18.1 Å². The van der Waals surface area contributed by atoms with Gasteiger partial charge >= 0.3 is 0 Å². The normalized spacial score (nSPS) is 16.3. The number of rotatable bonds is 3. The molecule has 0 saturated heterocycles. The monoisotopic (exact) mass is 350 g/mol. The third-order valence-electron chi connectivity index (χ3n) is 4.18. The van der Waals surface area contributed by atoms with Gasteiger partial charge in [-0.05, 0) is 43.7 Å². The fraction of sp³-hybridized carbons (Fsp3) is 0.211. The van der Waals surface area contributed by atoms with Crippen molar-refractivity contribution in [2.24, 2.45) is 5.10 Å². The van der Waals surface area contributed by atoms with Gasteiger partial charge in [-0.1, -0.05) is 41.6 Å². The highest BCUT2D eigenvalue weighted by atomic mass is 32.2. The van der Waals surface area contributed by atoms with Gasteiger partial charge < -0.3 is 4.74 Å². The fourth-order valence-electron chi connectivity index (χ4n) is 2.77. The van der Waals surface area contributed by atoms with Crippen molar-refractivity contribution in [3.05, 3.63) is 59.7 Å². The van der Waals surface area contributed by atoms with Crippen LogP contribution in [0.5, 0.6) is 5.75 Å². The number of benzene rings is 2. The first-order valence-corrected chi connectivity index (χ1v) is 8.96. The lowest BCUT2D eigenvalue weighted by Gasteiger charge is -2.20. The Balaban J connectivity index is 1.78. The molecular formula is C19H18N4OS. The van der Waals surface area contributed by atoms with Crippen molar-refractivity contribution in [2.75, 3.05) is 7.11 Å². The van der Waals surface area contributed by atoms with E-state index >= 15 is 0 Å². The van der Waals surface area contributed by atoms with Gasteiger partial charge in [0.2, 0.25) is 5.16 Å². The molecule has 4 rings (SSSR count). The standard InChI is InChI=1S/C19H18N4OS/c1-12-4-6-15(7-5-12)18-20-21-19-23(18)22-17(13(2)25-19)14-8-10-16(24-3)11-9-14/h4-11,13H,1-3H3/t13-/m1/s1. The largest absolute Gasteiger partial charge is 0.497 e. The van der Waals surface area contributed by atoms with E-state index in [1.807, 2.05) is 28.9 Å². The lowest BCUT2D eigenvalue weighted by atomic mass is 10.1. The first-order chi connectivity index (χ1) is 12.2. The average Bonchev–Trinajstić information content (AvgIpc) is 3.04. The number of aromatic nitrogens is 3. The van der Waals surface area contributed by atoms with Crippen molar-refractivity contribution >= 4 is 17.5 Å². The van der Waals surface area contributed by atoms with Crippen molar-refractivity contribution < 1.29 is 4.74 Å². The Morgan fingerprint density at radius 1 is 0.960 bits per heavy atom. The molecule has 0 N–H and O–H groups in total. The molecule has 1 atom stereocenters. The van der Waals surface area contributed by atoms with Crippen LogP contribution in [0, 0.1) is 6.92 Å². The fourth-order valence-corrected chi connectivity index (χ4v) is 3.70. The van der Waals surface area contributed by atoms with E-state index in [2.05, 4.69) is 48.3 Å². The Morgan fingerprint density at radius 2 is 1.64 bits per heavy atom. The molecule has 0 saturated carbocycles. The van der Waals surface area contributed by atoms with Crippen LogP contribution in [-0.4, -0.2) is 32.9 Å². The summed E-state index contributed by atoms with van der Waals surface area (Å²) in [6.45, 7) is 4.21. The van der Waals surface area contributed by atoms with E-state index in [1.54, 1.807) is 18.9 Å². The summed E-state index contributed by atoms with van der Waals surface area (Å²) in [6.07, 6.45) is 0. The highest BCUT2D eigenvalue weighted by Gasteiger charge is 2.26. The van der Waals surface area contributed by atoms with Crippen LogP contribution in [0.4, 0.5) is 0 Å². The molecule has 0 radical (unpaired) electrons. The van der Waals surface area contributed by atoms with Crippen LogP contribution in [0.3, 0.4) is 0 Å². The van der Waals surface area contributed by atoms with E-state index in [4.69, 9.17) is 9.84 Å². The van der Waals surface area contributed by atoms with E-state index in [-0.39, 0.29) is 5.25 Å². The molecule has 25 heavy (non-hydrogen) atoms. The highest BCUT2D eigenvalue weighted by molar-refractivity contribution is 8.00. The third-order valence-corrected chi connectivity index (χ3v) is 5.22. The second kappa shape index (κ2) is 6.37. The van der Waals surface area contributed by atoms with Crippen molar-refractivity contribution in [2.45, 2.75) is 24.3 Å². The second-order valence-electron chi connectivity index (χ2n) is 5.96. The maximum atomic E-state index is 5.24. The molecule has 6 heteroatoms. The summed E-state index contributed by atoms with van der Waals surface area (Å²) < 4.78 is 7.09. The molecular weight excluding hydrogens is 332 g/mol. The van der Waals surface area contributed by atoms with E-state index in [0.717, 1.165) is 33.6 Å². The smallest absolute Gasteiger partial charge is 0.213 e. The van der Waals surface area contributed by atoms with Gasteiger partial charge in [0.25, 0.3) is 0 Å². The SMILES string of the molecule is COc1ccc(C2=Nn3c(nnc3-c3ccc(C)cc3)S[C@@H]2C)cc1. The van der Waals surface area contributed by atoms with E-state index in [1.165, 1.54) is 5.56 Å². The van der Waals surface area contributed by atoms with Crippen LogP contribution >= 0.6 is 11.8 Å². The summed E-state index contributed by atoms with van der Waals surface area (Å²) in [5.41, 5.74) is 4.31. The van der Waals surface area contributed by atoms with Crippen LogP contribution in [0.15, 0.2) is 58.8 Å². The van der Waals surface area contributed by atoms with E-state index in [9.17, 15) is 0 Å². The van der Waals surface area contributed by atoms with Crippen LogP contribution in [0.25, 0.3) is 11.4 Å². The van der Waals surface area contributed by atoms with Gasteiger partial charge in [0.15, 0.2) is 5.82 Å². The second-order valence-corrected chi connectivity index (χ2v) is 7.27. The first-order valence-electron chi connectivity index (χ1n) is 8.08. The summed E-state index contributed by atoms with van der Waals surface area (Å²) in [7, 11) is 1.67. The van der Waals surface area contributed by atoms with Gasteiger partial charge in [0, 0.05) is 5.56 Å². The van der Waals surface area contributed by atoms with Gasteiger partial charge in [-0.3, -0.25) is 0 Å². The van der Waals surface area contributed by atoms with Crippen LogP contribution in [0.1, 0.15) is 18.1 Å². The lowest BCUT2D eigenvalue weighted by Crippen LogP contribution is -2.21. The van der Waals surface area contributed by atoms with Crippen LogP contribution < -0.4 is 4.74 Å². The van der Waals surface area contributed by atoms with Gasteiger partial charge in [-0.15, -0.1) is 10.2 Å². The Kier molecular flexibility index (Phi) is 4.05. The Hall–Kier alpha value is -2.60. The molecule has 0 fully saturated rings. The number of hydrogen-bond donors (Lipinski definition) is 0. The van der Waals surface area contributed by atoms with Crippen molar-refractivity contribution in [3.8, 4) is 17.1 Å². The number of ether oxygens (including phenoxy) is 1. The number of thioether (sulfide) groups is 1. The molecule has 0 unspecified atom stereocenters. The summed E-state index contributed by atoms with van der Waals surface area (Å²) in [6, 6.07) is 16.2. The molecule has 3 aromatic rings. The summed E-state index contributed by atoms with van der Waals surface area (Å²) in [5, 5.41) is 14.5. The Bertz CT molecular complexity index is 929. The molecule has 0 spiro atoms. The maximum absolute atomic E-state index is 5.24. The molecule has 0 bridgehead atoms. The first kappa shape index (κ1) is 15.9. The summed E-state index contributed by atoms with van der Waals surface area (Å²) in [4.78, 5) is 0. The molecule has 0 aliphatic carbocycles. The minimum atomic E-state index is 0.205. The van der Waals surface area contributed by atoms with Crippen LogP contribution in [-0.2, 0) is 0 Å². The average molecular weight is 350 g/mol. The Labute approximate surface area is 150 Å². The van der Waals surface area contributed by atoms with Crippen molar-refractivity contribution in [3.63, 3.8) is 0 Å². The minimum Gasteiger partial charge on any atom is -0.497 e. The number of aryl methyl sites for hydroxylation is 1. The van der Waals surface area contributed by atoms with Crippen molar-refractivity contribution in [1.82, 2.24) is 14.9 Å². The molecule has 2 aromatic carbocycles. The molecule has 1 aliphatic rings. The Morgan fingerprint density at radius 3 is 2.32 bits per heavy atom. The quantitative estimate of drug-likeness (QED) is 0.716. The van der Waals surface area contributed by atoms with Crippen molar-refractivity contribution in [1.29, 1.82) is 0 Å². The summed E-state index contributed by atoms with van der Waals surface area (Å²) >= 11 is 1.67. The molecule has 5 nitrogen and oxygen atoms in total.